The molecule has 2 aliphatic rings. The van der Waals surface area contributed by atoms with Crippen molar-refractivity contribution in [3.63, 3.8) is 0 Å². The standard InChI is InChI=1S/C28H33N5O5S/c1-2-7-25(34)23-16-22(17-29)27(30-24(23)18-33-13-6-10-26(33)35)32-14-11-21(12-15-32)28(36)31-39(37,38)19-20-8-4-3-5-9-20/h3-5,8-9,16,21H,2,6-7,10-15,18-19H2,1H3,(H,31,36). The maximum Gasteiger partial charge on any atom is 0.239 e. The molecule has 0 atom stereocenters. The van der Waals surface area contributed by atoms with Crippen molar-refractivity contribution < 1.29 is 22.8 Å². The number of nitrogens with one attached hydrogen (secondary N) is 1. The van der Waals surface area contributed by atoms with Crippen molar-refractivity contribution in [2.45, 2.75) is 57.7 Å². The zero-order valence-electron chi connectivity index (χ0n) is 22.1. The van der Waals surface area contributed by atoms with E-state index in [0.717, 1.165) is 6.42 Å². The Kier molecular flexibility index (Phi) is 8.97. The number of benzene rings is 1. The molecule has 10 nitrogen and oxygen atoms in total. The lowest BCUT2D eigenvalue weighted by Gasteiger charge is -2.33. The van der Waals surface area contributed by atoms with Gasteiger partial charge in [-0.25, -0.2) is 13.4 Å². The van der Waals surface area contributed by atoms with E-state index in [2.05, 4.69) is 10.8 Å². The summed E-state index contributed by atoms with van der Waals surface area (Å²) in [5, 5.41) is 9.87. The van der Waals surface area contributed by atoms with E-state index in [1.165, 1.54) is 0 Å². The lowest BCUT2D eigenvalue weighted by molar-refractivity contribution is -0.128. The molecular weight excluding hydrogens is 518 g/mol. The van der Waals surface area contributed by atoms with Gasteiger partial charge in [0.25, 0.3) is 0 Å². The molecule has 0 unspecified atom stereocenters. The first kappa shape index (κ1) is 28.2. The summed E-state index contributed by atoms with van der Waals surface area (Å²) >= 11 is 0. The number of sulfonamides is 1. The topological polar surface area (TPSA) is 141 Å². The number of aromatic nitrogens is 1. The third-order valence-electron chi connectivity index (χ3n) is 7.11. The van der Waals surface area contributed by atoms with Gasteiger partial charge in [0.05, 0.1) is 23.6 Å². The number of carbonyl (C=O) groups excluding carboxylic acids is 3. The van der Waals surface area contributed by atoms with Crippen LogP contribution in [0.4, 0.5) is 5.82 Å². The highest BCUT2D eigenvalue weighted by atomic mass is 32.2. The summed E-state index contributed by atoms with van der Waals surface area (Å²) in [4.78, 5) is 46.2. The SMILES string of the molecule is CCCC(=O)c1cc(C#N)c(N2CCC(C(=O)NS(=O)(=O)Cc3ccccc3)CC2)nc1CN1CCCC1=O. The number of hydrogen-bond acceptors (Lipinski definition) is 8. The monoisotopic (exact) mass is 551 g/mol. The van der Waals surface area contributed by atoms with E-state index in [-0.39, 0.29) is 29.6 Å². The van der Waals surface area contributed by atoms with Gasteiger partial charge in [0.2, 0.25) is 21.8 Å². The molecule has 1 aromatic heterocycles. The third-order valence-corrected chi connectivity index (χ3v) is 8.34. The number of rotatable bonds is 10. The van der Waals surface area contributed by atoms with Crippen molar-refractivity contribution >= 4 is 33.4 Å². The molecule has 4 rings (SSSR count). The Balaban J connectivity index is 1.48. The molecular formula is C28H33N5O5S. The van der Waals surface area contributed by atoms with Crippen LogP contribution in [0.1, 0.15) is 72.6 Å². The summed E-state index contributed by atoms with van der Waals surface area (Å²) in [6, 6.07) is 12.4. The number of Topliss-reactive ketones (excluding diaryl/α,β-unsaturated/α-hetero) is 1. The van der Waals surface area contributed by atoms with Crippen LogP contribution < -0.4 is 9.62 Å². The van der Waals surface area contributed by atoms with Crippen LogP contribution in [0, 0.1) is 17.2 Å². The second-order valence-electron chi connectivity index (χ2n) is 10.0. The number of ketones is 1. The molecule has 2 aliphatic heterocycles. The molecule has 0 radical (unpaired) electrons. The quantitative estimate of drug-likeness (QED) is 0.445. The number of pyridine rings is 1. The van der Waals surface area contributed by atoms with Crippen LogP contribution >= 0.6 is 0 Å². The van der Waals surface area contributed by atoms with Gasteiger partial charge in [0, 0.05) is 44.0 Å². The second-order valence-corrected chi connectivity index (χ2v) is 11.8. The van der Waals surface area contributed by atoms with Gasteiger partial charge in [-0.05, 0) is 37.3 Å². The van der Waals surface area contributed by atoms with Gasteiger partial charge in [-0.1, -0.05) is 37.3 Å². The van der Waals surface area contributed by atoms with Gasteiger partial charge in [-0.15, -0.1) is 0 Å². The highest BCUT2D eigenvalue weighted by Gasteiger charge is 2.31. The number of nitrogens with zero attached hydrogens (tertiary/aromatic N) is 4. The average Bonchev–Trinajstić information content (AvgIpc) is 3.32. The van der Waals surface area contributed by atoms with Gasteiger partial charge >= 0.3 is 0 Å². The molecule has 0 aliphatic carbocycles. The molecule has 2 aromatic rings. The highest BCUT2D eigenvalue weighted by Crippen LogP contribution is 2.28. The van der Waals surface area contributed by atoms with Crippen LogP contribution in [0.3, 0.4) is 0 Å². The smallest absolute Gasteiger partial charge is 0.239 e. The Bertz CT molecular complexity index is 1380. The van der Waals surface area contributed by atoms with E-state index in [1.54, 1.807) is 41.3 Å². The minimum absolute atomic E-state index is 0.0191. The Labute approximate surface area is 229 Å². The number of carbonyl (C=O) groups is 3. The third kappa shape index (κ3) is 7.00. The van der Waals surface area contributed by atoms with Crippen LogP contribution in [0.15, 0.2) is 36.4 Å². The van der Waals surface area contributed by atoms with E-state index < -0.39 is 21.8 Å². The first-order chi connectivity index (χ1) is 18.7. The van der Waals surface area contributed by atoms with Crippen molar-refractivity contribution in [1.82, 2.24) is 14.6 Å². The fourth-order valence-corrected chi connectivity index (χ4v) is 6.24. The lowest BCUT2D eigenvalue weighted by Crippen LogP contribution is -2.43. The van der Waals surface area contributed by atoms with Gasteiger partial charge in [0.1, 0.15) is 11.9 Å². The Morgan fingerprint density at radius 1 is 1.15 bits per heavy atom. The normalized spacial score (nSPS) is 16.3. The second kappa shape index (κ2) is 12.4. The van der Waals surface area contributed by atoms with Crippen molar-refractivity contribution in [2.24, 2.45) is 5.92 Å². The first-order valence-electron chi connectivity index (χ1n) is 13.3. The number of nitriles is 1. The van der Waals surface area contributed by atoms with Crippen LogP contribution in [-0.2, 0) is 31.9 Å². The molecule has 2 saturated heterocycles. The van der Waals surface area contributed by atoms with E-state index in [4.69, 9.17) is 4.98 Å². The van der Waals surface area contributed by atoms with Crippen molar-refractivity contribution in [2.75, 3.05) is 24.5 Å². The van der Waals surface area contributed by atoms with Crippen LogP contribution in [0.2, 0.25) is 0 Å². The molecule has 206 valence electrons. The number of hydrogen-bond donors (Lipinski definition) is 1. The van der Waals surface area contributed by atoms with E-state index in [1.807, 2.05) is 11.8 Å². The summed E-state index contributed by atoms with van der Waals surface area (Å²) in [5.74, 6) is -0.980. The van der Waals surface area contributed by atoms with Crippen molar-refractivity contribution in [3.8, 4) is 6.07 Å². The molecule has 0 bridgehead atoms. The maximum absolute atomic E-state index is 12.9. The summed E-state index contributed by atoms with van der Waals surface area (Å²) < 4.78 is 27.2. The van der Waals surface area contributed by atoms with E-state index in [9.17, 15) is 28.1 Å². The van der Waals surface area contributed by atoms with Gasteiger partial charge in [-0.2, -0.15) is 5.26 Å². The predicted molar refractivity (Wildman–Crippen MR) is 145 cm³/mol. The van der Waals surface area contributed by atoms with Gasteiger partial charge < -0.3 is 9.80 Å². The number of likely N-dealkylation sites (tertiary alicyclic amines) is 1. The molecule has 1 aromatic carbocycles. The molecule has 1 N–H and O–H groups in total. The van der Waals surface area contributed by atoms with Crippen LogP contribution in [0.25, 0.3) is 0 Å². The fraction of sp³-hybridized carbons (Fsp3) is 0.464. The lowest BCUT2D eigenvalue weighted by atomic mass is 9.95. The number of anilines is 1. The molecule has 2 fully saturated rings. The summed E-state index contributed by atoms with van der Waals surface area (Å²) in [6.45, 7) is 3.50. The van der Waals surface area contributed by atoms with Crippen molar-refractivity contribution in [3.05, 3.63) is 58.8 Å². The summed E-state index contributed by atoms with van der Waals surface area (Å²) in [7, 11) is -3.83. The molecule has 0 spiro atoms. The Morgan fingerprint density at radius 2 is 1.87 bits per heavy atom. The van der Waals surface area contributed by atoms with Crippen LogP contribution in [-0.4, -0.2) is 55.5 Å². The first-order valence-corrected chi connectivity index (χ1v) is 14.9. The summed E-state index contributed by atoms with van der Waals surface area (Å²) in [6.07, 6.45) is 2.97. The minimum Gasteiger partial charge on any atom is -0.355 e. The van der Waals surface area contributed by atoms with E-state index in [0.29, 0.717) is 74.4 Å². The number of amides is 2. The number of piperidine rings is 1. The average molecular weight is 552 g/mol. The summed E-state index contributed by atoms with van der Waals surface area (Å²) in [5.41, 5.74) is 1.70. The van der Waals surface area contributed by atoms with Gasteiger partial charge in [0.15, 0.2) is 5.78 Å². The molecule has 0 saturated carbocycles. The molecule has 39 heavy (non-hydrogen) atoms. The fourth-order valence-electron chi connectivity index (χ4n) is 5.06. The van der Waals surface area contributed by atoms with Crippen molar-refractivity contribution in [1.29, 1.82) is 5.26 Å². The maximum atomic E-state index is 12.9. The minimum atomic E-state index is -3.83. The largest absolute Gasteiger partial charge is 0.355 e. The molecule has 2 amide bonds. The zero-order chi connectivity index (χ0) is 28.0. The molecule has 3 heterocycles. The van der Waals surface area contributed by atoms with Crippen LogP contribution in [0.5, 0.6) is 0 Å². The van der Waals surface area contributed by atoms with Gasteiger partial charge in [-0.3, -0.25) is 19.1 Å². The van der Waals surface area contributed by atoms with E-state index >= 15 is 0 Å². The predicted octanol–water partition coefficient (Wildman–Crippen LogP) is 2.92. The Hall–Kier alpha value is -3.78. The highest BCUT2D eigenvalue weighted by molar-refractivity contribution is 7.89. The molecule has 11 heteroatoms. The Morgan fingerprint density at radius 3 is 2.49 bits per heavy atom. The zero-order valence-corrected chi connectivity index (χ0v) is 22.9.